The Morgan fingerprint density at radius 2 is 2.37 bits per heavy atom. The van der Waals surface area contributed by atoms with E-state index in [0.29, 0.717) is 11.7 Å². The fourth-order valence-corrected chi connectivity index (χ4v) is 2.72. The first-order valence-corrected chi connectivity index (χ1v) is 6.43. The highest BCUT2D eigenvalue weighted by Crippen LogP contribution is 2.19. The molecule has 1 aliphatic rings. The molecule has 0 aliphatic carbocycles. The van der Waals surface area contributed by atoms with Gasteiger partial charge >= 0.3 is 5.97 Å². The topological polar surface area (TPSA) is 70.7 Å². The molecule has 0 aromatic carbocycles. The molecule has 2 aromatic heterocycles. The molecule has 3 rings (SSSR count). The molecular formula is C13H16N4O2. The van der Waals surface area contributed by atoms with Gasteiger partial charge in [0, 0.05) is 18.7 Å². The van der Waals surface area contributed by atoms with E-state index in [-0.39, 0.29) is 5.56 Å². The summed E-state index contributed by atoms with van der Waals surface area (Å²) < 4.78 is 1.79. The van der Waals surface area contributed by atoms with Crippen molar-refractivity contribution in [2.24, 2.45) is 0 Å². The average molecular weight is 260 g/mol. The zero-order chi connectivity index (χ0) is 13.4. The maximum atomic E-state index is 11.1. The van der Waals surface area contributed by atoms with E-state index in [0.717, 1.165) is 25.2 Å². The second-order valence-electron chi connectivity index (χ2n) is 5.02. The van der Waals surface area contributed by atoms with E-state index in [4.69, 9.17) is 5.11 Å². The smallest absolute Gasteiger partial charge is 0.339 e. The SMILES string of the molecule is CN1CCCC1Cc1nnc2c(C(=O)O)cccn12. The maximum Gasteiger partial charge on any atom is 0.339 e. The fourth-order valence-electron chi connectivity index (χ4n) is 2.72. The Morgan fingerprint density at radius 3 is 3.05 bits per heavy atom. The van der Waals surface area contributed by atoms with Crippen LogP contribution in [0.4, 0.5) is 0 Å². The van der Waals surface area contributed by atoms with Crippen LogP contribution < -0.4 is 0 Å². The van der Waals surface area contributed by atoms with Crippen LogP contribution >= 0.6 is 0 Å². The molecule has 100 valence electrons. The molecular weight excluding hydrogens is 244 g/mol. The Labute approximate surface area is 110 Å². The highest BCUT2D eigenvalue weighted by Gasteiger charge is 2.23. The zero-order valence-electron chi connectivity index (χ0n) is 10.8. The van der Waals surface area contributed by atoms with Gasteiger partial charge in [-0.1, -0.05) is 0 Å². The van der Waals surface area contributed by atoms with Gasteiger partial charge in [-0.15, -0.1) is 10.2 Å². The van der Waals surface area contributed by atoms with Gasteiger partial charge in [-0.05, 0) is 38.6 Å². The molecule has 0 spiro atoms. The number of aromatic carboxylic acids is 1. The van der Waals surface area contributed by atoms with Crippen molar-refractivity contribution in [3.63, 3.8) is 0 Å². The van der Waals surface area contributed by atoms with Crippen molar-refractivity contribution in [2.45, 2.75) is 25.3 Å². The molecule has 1 N–H and O–H groups in total. The number of carboxylic acids is 1. The lowest BCUT2D eigenvalue weighted by molar-refractivity contribution is 0.0698. The molecule has 1 saturated heterocycles. The quantitative estimate of drug-likeness (QED) is 0.893. The van der Waals surface area contributed by atoms with Gasteiger partial charge in [0.2, 0.25) is 0 Å². The van der Waals surface area contributed by atoms with Crippen molar-refractivity contribution < 1.29 is 9.90 Å². The minimum atomic E-state index is -0.970. The molecule has 1 unspecified atom stereocenters. The van der Waals surface area contributed by atoms with E-state index in [1.807, 2.05) is 6.20 Å². The van der Waals surface area contributed by atoms with Gasteiger partial charge in [0.1, 0.15) is 11.4 Å². The van der Waals surface area contributed by atoms with Gasteiger partial charge in [-0.3, -0.25) is 4.40 Å². The molecule has 0 radical (unpaired) electrons. The molecule has 6 nitrogen and oxygen atoms in total. The summed E-state index contributed by atoms with van der Waals surface area (Å²) in [5, 5.41) is 17.3. The molecule has 0 bridgehead atoms. The highest BCUT2D eigenvalue weighted by atomic mass is 16.4. The number of carboxylic acid groups (broad SMARTS) is 1. The summed E-state index contributed by atoms with van der Waals surface area (Å²) in [6.07, 6.45) is 5.00. The number of pyridine rings is 1. The summed E-state index contributed by atoms with van der Waals surface area (Å²) in [6.45, 7) is 1.11. The van der Waals surface area contributed by atoms with Crippen molar-refractivity contribution >= 4 is 11.6 Å². The van der Waals surface area contributed by atoms with Gasteiger partial charge in [-0.25, -0.2) is 4.79 Å². The predicted molar refractivity (Wildman–Crippen MR) is 69.3 cm³/mol. The average Bonchev–Trinajstić information content (AvgIpc) is 2.97. The molecule has 3 heterocycles. The summed E-state index contributed by atoms with van der Waals surface area (Å²) in [4.78, 5) is 13.5. The van der Waals surface area contributed by atoms with Crippen molar-refractivity contribution in [1.29, 1.82) is 0 Å². The van der Waals surface area contributed by atoms with Crippen LogP contribution in [0.3, 0.4) is 0 Å². The van der Waals surface area contributed by atoms with Crippen LogP contribution in [0.25, 0.3) is 5.65 Å². The Bertz CT molecular complexity index is 622. The van der Waals surface area contributed by atoms with Crippen LogP contribution in [0.2, 0.25) is 0 Å². The van der Waals surface area contributed by atoms with Crippen LogP contribution in [0.1, 0.15) is 29.0 Å². The summed E-state index contributed by atoms with van der Waals surface area (Å²) >= 11 is 0. The molecule has 1 fully saturated rings. The summed E-state index contributed by atoms with van der Waals surface area (Å²) in [7, 11) is 2.11. The third kappa shape index (κ3) is 2.08. The Morgan fingerprint density at radius 1 is 1.53 bits per heavy atom. The number of nitrogens with zero attached hydrogens (tertiary/aromatic N) is 4. The number of carbonyl (C=O) groups is 1. The molecule has 6 heteroatoms. The lowest BCUT2D eigenvalue weighted by Gasteiger charge is -2.18. The van der Waals surface area contributed by atoms with E-state index in [2.05, 4.69) is 22.1 Å². The second kappa shape index (κ2) is 4.62. The van der Waals surface area contributed by atoms with Gasteiger partial charge in [-0.2, -0.15) is 0 Å². The van der Waals surface area contributed by atoms with Crippen LogP contribution in [-0.2, 0) is 6.42 Å². The third-order valence-corrected chi connectivity index (χ3v) is 3.83. The number of likely N-dealkylation sites (N-methyl/N-ethyl adjacent to an activating group) is 1. The summed E-state index contributed by atoms with van der Waals surface area (Å²) in [6, 6.07) is 3.75. The van der Waals surface area contributed by atoms with Crippen molar-refractivity contribution in [1.82, 2.24) is 19.5 Å². The standard InChI is InChI=1S/C13H16N4O2/c1-16-6-2-4-9(16)8-11-14-15-12-10(13(18)19)5-3-7-17(11)12/h3,5,7,9H,2,4,6,8H2,1H3,(H,18,19). The normalized spacial score (nSPS) is 20.2. The first-order valence-electron chi connectivity index (χ1n) is 6.43. The molecule has 1 atom stereocenters. The lowest BCUT2D eigenvalue weighted by Crippen LogP contribution is -2.27. The van der Waals surface area contributed by atoms with E-state index in [1.165, 1.54) is 6.42 Å². The minimum Gasteiger partial charge on any atom is -0.478 e. The number of likely N-dealkylation sites (tertiary alicyclic amines) is 1. The van der Waals surface area contributed by atoms with Gasteiger partial charge in [0.15, 0.2) is 5.65 Å². The van der Waals surface area contributed by atoms with Gasteiger partial charge in [0.05, 0.1) is 0 Å². The molecule has 0 amide bonds. The van der Waals surface area contributed by atoms with E-state index >= 15 is 0 Å². The minimum absolute atomic E-state index is 0.195. The summed E-state index contributed by atoms with van der Waals surface area (Å²) in [5.74, 6) is -0.139. The number of hydrogen-bond acceptors (Lipinski definition) is 4. The lowest BCUT2D eigenvalue weighted by atomic mass is 10.1. The Balaban J connectivity index is 1.97. The van der Waals surface area contributed by atoms with Crippen LogP contribution in [0, 0.1) is 0 Å². The zero-order valence-corrected chi connectivity index (χ0v) is 10.8. The number of aromatic nitrogens is 3. The molecule has 2 aromatic rings. The predicted octanol–water partition coefficient (Wildman–Crippen LogP) is 1.06. The second-order valence-corrected chi connectivity index (χ2v) is 5.02. The Kier molecular flexibility index (Phi) is 2.94. The van der Waals surface area contributed by atoms with Crippen LogP contribution in [0.5, 0.6) is 0 Å². The largest absolute Gasteiger partial charge is 0.478 e. The van der Waals surface area contributed by atoms with Crippen molar-refractivity contribution in [3.8, 4) is 0 Å². The molecule has 1 aliphatic heterocycles. The first kappa shape index (κ1) is 12.1. The van der Waals surface area contributed by atoms with Crippen molar-refractivity contribution in [3.05, 3.63) is 29.7 Å². The number of rotatable bonds is 3. The molecule has 0 saturated carbocycles. The molecule has 19 heavy (non-hydrogen) atoms. The van der Waals surface area contributed by atoms with Crippen LogP contribution in [0.15, 0.2) is 18.3 Å². The van der Waals surface area contributed by atoms with Crippen molar-refractivity contribution in [2.75, 3.05) is 13.6 Å². The Hall–Kier alpha value is -1.95. The van der Waals surface area contributed by atoms with Crippen LogP contribution in [-0.4, -0.2) is 50.2 Å². The van der Waals surface area contributed by atoms with Gasteiger partial charge < -0.3 is 10.0 Å². The fraction of sp³-hybridized carbons (Fsp3) is 0.462. The monoisotopic (exact) mass is 260 g/mol. The number of fused-ring (bicyclic) bond motifs is 1. The van der Waals surface area contributed by atoms with E-state index in [1.54, 1.807) is 16.5 Å². The van der Waals surface area contributed by atoms with E-state index < -0.39 is 5.97 Å². The first-order chi connectivity index (χ1) is 9.16. The maximum absolute atomic E-state index is 11.1. The van der Waals surface area contributed by atoms with Gasteiger partial charge in [0.25, 0.3) is 0 Å². The third-order valence-electron chi connectivity index (χ3n) is 3.83. The highest BCUT2D eigenvalue weighted by molar-refractivity contribution is 5.94. The van der Waals surface area contributed by atoms with E-state index in [9.17, 15) is 4.79 Å². The number of hydrogen-bond donors (Lipinski definition) is 1. The summed E-state index contributed by atoms with van der Waals surface area (Å²) in [5.41, 5.74) is 0.617.